The highest BCUT2D eigenvalue weighted by molar-refractivity contribution is 14.0. The van der Waals surface area contributed by atoms with Crippen LogP contribution in [0.3, 0.4) is 0 Å². The van der Waals surface area contributed by atoms with Gasteiger partial charge in [-0.25, -0.2) is 0 Å². The van der Waals surface area contributed by atoms with Gasteiger partial charge in [0.15, 0.2) is 0 Å². The van der Waals surface area contributed by atoms with Crippen LogP contribution in [0.4, 0.5) is 13.2 Å². The summed E-state index contributed by atoms with van der Waals surface area (Å²) in [6.45, 7) is 0.362. The minimum absolute atomic E-state index is 0. The Hall–Kier alpha value is -0.300. The molecule has 0 aromatic heterocycles. The van der Waals surface area contributed by atoms with Gasteiger partial charge >= 0.3 is 6.18 Å². The van der Waals surface area contributed by atoms with Crippen molar-refractivity contribution in [1.29, 1.82) is 0 Å². The molecule has 0 atom stereocenters. The molecule has 0 fully saturated rings. The van der Waals surface area contributed by atoms with Crippen LogP contribution in [0.1, 0.15) is 11.1 Å². The minimum atomic E-state index is -4.26. The molecule has 1 aromatic carbocycles. The molecule has 2 N–H and O–H groups in total. The number of alkyl halides is 3. The molecule has 0 heterocycles. The van der Waals surface area contributed by atoms with Crippen molar-refractivity contribution < 1.29 is 13.2 Å². The topological polar surface area (TPSA) is 26.0 Å². The number of halogens is 4. The maximum atomic E-state index is 12.2. The van der Waals surface area contributed by atoms with E-state index in [0.717, 1.165) is 12.1 Å². The predicted octanol–water partition coefficient (Wildman–Crippen LogP) is 2.82. The fraction of sp³-hybridized carbons (Fsp3) is 0.333. The van der Waals surface area contributed by atoms with E-state index >= 15 is 0 Å². The van der Waals surface area contributed by atoms with E-state index in [1.165, 1.54) is 6.07 Å². The monoisotopic (exact) mass is 317 g/mol. The number of hydrogen-bond donors (Lipinski definition) is 1. The largest absolute Gasteiger partial charge is 0.416 e. The van der Waals surface area contributed by atoms with E-state index in [-0.39, 0.29) is 24.0 Å². The second kappa shape index (κ2) is 5.55. The number of nitrogens with two attached hydrogens (primary N) is 1. The van der Waals surface area contributed by atoms with Crippen molar-refractivity contribution in [1.82, 2.24) is 0 Å². The Morgan fingerprint density at radius 1 is 1.21 bits per heavy atom. The Morgan fingerprint density at radius 3 is 2.36 bits per heavy atom. The van der Waals surface area contributed by atoms with Crippen LogP contribution < -0.4 is 5.73 Å². The van der Waals surface area contributed by atoms with Crippen molar-refractivity contribution in [2.45, 2.75) is 12.6 Å². The smallest absolute Gasteiger partial charge is 0.330 e. The lowest BCUT2D eigenvalue weighted by Gasteiger charge is -2.07. The lowest BCUT2D eigenvalue weighted by atomic mass is 10.1. The Kier molecular flexibility index (Phi) is 5.43. The normalized spacial score (nSPS) is 10.9. The first-order chi connectivity index (χ1) is 6.04. The zero-order valence-corrected chi connectivity index (χ0v) is 9.67. The van der Waals surface area contributed by atoms with E-state index in [1.54, 1.807) is 6.07 Å². The summed E-state index contributed by atoms with van der Waals surface area (Å²) in [6.07, 6.45) is -3.78. The molecule has 1 rings (SSSR count). The summed E-state index contributed by atoms with van der Waals surface area (Å²) in [5, 5.41) is 0. The average Bonchev–Trinajstić information content (AvgIpc) is 2.04. The molecular weight excluding hydrogens is 306 g/mol. The first kappa shape index (κ1) is 13.7. The molecule has 0 unspecified atom stereocenters. The maximum absolute atomic E-state index is 12.2. The standard InChI is InChI=1S/C9H10F3N.HI/c10-9(11,12)8-3-1-2-7(6-8)4-5-13;/h1-3,6H,4-5,13H2;1H. The van der Waals surface area contributed by atoms with E-state index in [9.17, 15) is 13.2 Å². The third-order valence-corrected chi connectivity index (χ3v) is 1.69. The van der Waals surface area contributed by atoms with E-state index in [2.05, 4.69) is 0 Å². The second-order valence-electron chi connectivity index (χ2n) is 2.74. The van der Waals surface area contributed by atoms with Gasteiger partial charge in [-0.2, -0.15) is 13.2 Å². The molecule has 0 amide bonds. The second-order valence-corrected chi connectivity index (χ2v) is 2.74. The number of benzene rings is 1. The van der Waals surface area contributed by atoms with E-state index in [4.69, 9.17) is 5.73 Å². The fourth-order valence-corrected chi connectivity index (χ4v) is 1.07. The van der Waals surface area contributed by atoms with Crippen LogP contribution in [-0.4, -0.2) is 6.54 Å². The summed E-state index contributed by atoms with van der Waals surface area (Å²) in [5.74, 6) is 0. The van der Waals surface area contributed by atoms with Crippen LogP contribution in [0.5, 0.6) is 0 Å². The van der Waals surface area contributed by atoms with Crippen LogP contribution in [0.2, 0.25) is 0 Å². The molecule has 14 heavy (non-hydrogen) atoms. The van der Waals surface area contributed by atoms with Crippen molar-refractivity contribution in [3.05, 3.63) is 35.4 Å². The van der Waals surface area contributed by atoms with Gasteiger partial charge < -0.3 is 5.73 Å². The number of rotatable bonds is 2. The van der Waals surface area contributed by atoms with Gasteiger partial charge in [0.2, 0.25) is 0 Å². The molecule has 0 saturated carbocycles. The predicted molar refractivity (Wildman–Crippen MR) is 59.6 cm³/mol. The van der Waals surface area contributed by atoms with Crippen LogP contribution in [0, 0.1) is 0 Å². The van der Waals surface area contributed by atoms with E-state index in [0.29, 0.717) is 18.5 Å². The molecule has 0 bridgehead atoms. The molecule has 1 aromatic rings. The van der Waals surface area contributed by atoms with Gasteiger partial charge in [-0.1, -0.05) is 18.2 Å². The summed E-state index contributed by atoms with van der Waals surface area (Å²) in [7, 11) is 0. The van der Waals surface area contributed by atoms with Gasteiger partial charge in [0.1, 0.15) is 0 Å². The quantitative estimate of drug-likeness (QED) is 0.834. The molecular formula is C9H11F3IN. The third-order valence-electron chi connectivity index (χ3n) is 1.69. The Bertz CT molecular complexity index is 286. The van der Waals surface area contributed by atoms with Gasteiger partial charge in [-0.05, 0) is 24.6 Å². The third kappa shape index (κ3) is 3.83. The highest BCUT2D eigenvalue weighted by atomic mass is 127. The highest BCUT2D eigenvalue weighted by Gasteiger charge is 2.30. The maximum Gasteiger partial charge on any atom is 0.416 e. The zero-order valence-electron chi connectivity index (χ0n) is 7.34. The van der Waals surface area contributed by atoms with Gasteiger partial charge in [-0.15, -0.1) is 24.0 Å². The van der Waals surface area contributed by atoms with Gasteiger partial charge in [0.05, 0.1) is 5.56 Å². The SMILES string of the molecule is I.NCCc1cccc(C(F)(F)F)c1. The van der Waals surface area contributed by atoms with Gasteiger partial charge in [0.25, 0.3) is 0 Å². The molecule has 1 nitrogen and oxygen atoms in total. The summed E-state index contributed by atoms with van der Waals surface area (Å²) >= 11 is 0. The minimum Gasteiger partial charge on any atom is -0.330 e. The van der Waals surface area contributed by atoms with Crippen LogP contribution >= 0.6 is 24.0 Å². The van der Waals surface area contributed by atoms with Gasteiger partial charge in [-0.3, -0.25) is 0 Å². The summed E-state index contributed by atoms with van der Waals surface area (Å²) in [6, 6.07) is 5.22. The molecule has 5 heteroatoms. The molecule has 80 valence electrons. The molecule has 0 aliphatic heterocycles. The summed E-state index contributed by atoms with van der Waals surface area (Å²) in [5.41, 5.74) is 5.25. The number of hydrogen-bond acceptors (Lipinski definition) is 1. The lowest BCUT2D eigenvalue weighted by molar-refractivity contribution is -0.137. The fourth-order valence-electron chi connectivity index (χ4n) is 1.07. The van der Waals surface area contributed by atoms with Crippen LogP contribution in [0.25, 0.3) is 0 Å². The summed E-state index contributed by atoms with van der Waals surface area (Å²) < 4.78 is 36.5. The molecule has 0 radical (unpaired) electrons. The van der Waals surface area contributed by atoms with Crippen molar-refractivity contribution in [3.63, 3.8) is 0 Å². The van der Waals surface area contributed by atoms with E-state index in [1.807, 2.05) is 0 Å². The molecule has 0 aliphatic carbocycles. The lowest BCUT2D eigenvalue weighted by Crippen LogP contribution is -2.07. The zero-order chi connectivity index (χ0) is 9.90. The van der Waals surface area contributed by atoms with Crippen molar-refractivity contribution in [2.24, 2.45) is 5.73 Å². The van der Waals surface area contributed by atoms with Crippen molar-refractivity contribution in [3.8, 4) is 0 Å². The van der Waals surface area contributed by atoms with Crippen molar-refractivity contribution >= 4 is 24.0 Å². The Labute approximate surface area is 97.5 Å². The Balaban J connectivity index is 0.00000169. The van der Waals surface area contributed by atoms with Crippen LogP contribution in [0.15, 0.2) is 24.3 Å². The Morgan fingerprint density at radius 2 is 1.86 bits per heavy atom. The van der Waals surface area contributed by atoms with Gasteiger partial charge in [0, 0.05) is 0 Å². The van der Waals surface area contributed by atoms with Crippen LogP contribution in [-0.2, 0) is 12.6 Å². The summed E-state index contributed by atoms with van der Waals surface area (Å²) in [4.78, 5) is 0. The average molecular weight is 317 g/mol. The molecule has 0 spiro atoms. The van der Waals surface area contributed by atoms with E-state index < -0.39 is 11.7 Å². The molecule has 0 saturated heterocycles. The highest BCUT2D eigenvalue weighted by Crippen LogP contribution is 2.29. The first-order valence-electron chi connectivity index (χ1n) is 3.90. The molecule has 0 aliphatic rings. The van der Waals surface area contributed by atoms with Crippen molar-refractivity contribution in [2.75, 3.05) is 6.54 Å². The first-order valence-corrected chi connectivity index (χ1v) is 3.90.